The Morgan fingerprint density at radius 2 is 2.21 bits per heavy atom. The first kappa shape index (κ1) is 9.28. The second kappa shape index (κ2) is 3.46. The van der Waals surface area contributed by atoms with E-state index in [0.29, 0.717) is 5.76 Å². The van der Waals surface area contributed by atoms with Crippen LogP contribution in [0.25, 0.3) is 11.0 Å². The third-order valence-corrected chi connectivity index (χ3v) is 2.31. The number of ketones is 1. The van der Waals surface area contributed by atoms with Crippen LogP contribution in [0.3, 0.4) is 0 Å². The number of carbonyl (C=O) groups is 1. The first-order chi connectivity index (χ1) is 6.70. The van der Waals surface area contributed by atoms with Gasteiger partial charge in [0.05, 0.1) is 5.88 Å². The normalized spacial score (nSPS) is 10.7. The largest absolute Gasteiger partial charge is 0.453 e. The molecule has 2 rings (SSSR count). The molecule has 1 heterocycles. The van der Waals surface area contributed by atoms with Crippen molar-refractivity contribution in [1.82, 2.24) is 0 Å². The molecule has 0 fully saturated rings. The minimum atomic E-state index is -0.180. The SMILES string of the molecule is Cc1ccc2cc(C(=O)CCl)oc2c1. The molecule has 0 saturated heterocycles. The Kier molecular flexibility index (Phi) is 2.30. The van der Waals surface area contributed by atoms with Crippen LogP contribution in [-0.2, 0) is 0 Å². The predicted molar refractivity (Wildman–Crippen MR) is 56.0 cm³/mol. The van der Waals surface area contributed by atoms with Gasteiger partial charge in [0.1, 0.15) is 5.58 Å². The van der Waals surface area contributed by atoms with Crippen molar-refractivity contribution in [2.24, 2.45) is 0 Å². The standard InChI is InChI=1S/C11H9ClO2/c1-7-2-3-8-5-11(9(13)6-12)14-10(8)4-7/h2-5H,6H2,1H3. The zero-order valence-corrected chi connectivity index (χ0v) is 8.47. The molecule has 0 amide bonds. The number of halogens is 1. The Bertz CT molecular complexity index is 485. The number of hydrogen-bond acceptors (Lipinski definition) is 2. The van der Waals surface area contributed by atoms with Crippen LogP contribution in [0.1, 0.15) is 16.1 Å². The van der Waals surface area contributed by atoms with Crippen molar-refractivity contribution in [3.8, 4) is 0 Å². The van der Waals surface area contributed by atoms with Crippen molar-refractivity contribution in [3.05, 3.63) is 35.6 Å². The summed E-state index contributed by atoms with van der Waals surface area (Å²) in [6, 6.07) is 7.53. The van der Waals surface area contributed by atoms with Crippen molar-refractivity contribution in [2.45, 2.75) is 6.92 Å². The molecule has 1 aromatic heterocycles. The van der Waals surface area contributed by atoms with Gasteiger partial charge in [0.15, 0.2) is 5.76 Å². The lowest BCUT2D eigenvalue weighted by Crippen LogP contribution is -1.96. The summed E-state index contributed by atoms with van der Waals surface area (Å²) in [6.45, 7) is 1.98. The van der Waals surface area contributed by atoms with Crippen LogP contribution in [0.5, 0.6) is 0 Å². The molecule has 0 aliphatic carbocycles. The van der Waals surface area contributed by atoms with E-state index >= 15 is 0 Å². The fraction of sp³-hybridized carbons (Fsp3) is 0.182. The summed E-state index contributed by atoms with van der Waals surface area (Å²) in [5, 5.41) is 0.934. The van der Waals surface area contributed by atoms with E-state index in [0.717, 1.165) is 16.5 Å². The van der Waals surface area contributed by atoms with Gasteiger partial charge in [-0.15, -0.1) is 11.6 Å². The van der Waals surface area contributed by atoms with Gasteiger partial charge in [-0.25, -0.2) is 0 Å². The Balaban J connectivity index is 2.56. The lowest BCUT2D eigenvalue weighted by atomic mass is 10.2. The van der Waals surface area contributed by atoms with Crippen LogP contribution >= 0.6 is 11.6 Å². The highest BCUT2D eigenvalue weighted by atomic mass is 35.5. The molecule has 0 aliphatic heterocycles. The highest BCUT2D eigenvalue weighted by Gasteiger charge is 2.10. The van der Waals surface area contributed by atoms with Crippen molar-refractivity contribution in [2.75, 3.05) is 5.88 Å². The molecule has 72 valence electrons. The minimum absolute atomic E-state index is 0.0429. The van der Waals surface area contributed by atoms with E-state index in [1.165, 1.54) is 0 Å². The molecule has 0 N–H and O–H groups in total. The molecule has 0 radical (unpaired) electrons. The Morgan fingerprint density at radius 3 is 2.93 bits per heavy atom. The summed E-state index contributed by atoms with van der Waals surface area (Å²) in [5.74, 6) is 0.111. The number of benzene rings is 1. The third kappa shape index (κ3) is 1.53. The van der Waals surface area contributed by atoms with Gasteiger partial charge < -0.3 is 4.42 Å². The molecular weight excluding hydrogens is 200 g/mol. The smallest absolute Gasteiger partial charge is 0.212 e. The van der Waals surface area contributed by atoms with Crippen molar-refractivity contribution in [3.63, 3.8) is 0 Å². The molecular formula is C11H9ClO2. The molecule has 0 spiro atoms. The predicted octanol–water partition coefficient (Wildman–Crippen LogP) is 3.16. The zero-order chi connectivity index (χ0) is 10.1. The van der Waals surface area contributed by atoms with Crippen LogP contribution in [0.2, 0.25) is 0 Å². The van der Waals surface area contributed by atoms with E-state index in [4.69, 9.17) is 16.0 Å². The monoisotopic (exact) mass is 208 g/mol. The van der Waals surface area contributed by atoms with E-state index < -0.39 is 0 Å². The van der Waals surface area contributed by atoms with E-state index in [2.05, 4.69) is 0 Å². The quantitative estimate of drug-likeness (QED) is 0.561. The topological polar surface area (TPSA) is 30.2 Å². The molecule has 2 aromatic rings. The number of aryl methyl sites for hydroxylation is 1. The van der Waals surface area contributed by atoms with E-state index in [-0.39, 0.29) is 11.7 Å². The Hall–Kier alpha value is -1.28. The molecule has 14 heavy (non-hydrogen) atoms. The average Bonchev–Trinajstić information content (AvgIpc) is 2.59. The van der Waals surface area contributed by atoms with Crippen molar-refractivity contribution >= 4 is 28.4 Å². The molecule has 3 heteroatoms. The lowest BCUT2D eigenvalue weighted by Gasteiger charge is -1.90. The second-order valence-corrected chi connectivity index (χ2v) is 3.48. The van der Waals surface area contributed by atoms with Gasteiger partial charge in [-0.2, -0.15) is 0 Å². The van der Waals surface area contributed by atoms with Gasteiger partial charge in [0, 0.05) is 5.39 Å². The van der Waals surface area contributed by atoms with E-state index in [9.17, 15) is 4.79 Å². The highest BCUT2D eigenvalue weighted by molar-refractivity contribution is 6.30. The first-order valence-electron chi connectivity index (χ1n) is 4.30. The van der Waals surface area contributed by atoms with Crippen molar-refractivity contribution in [1.29, 1.82) is 0 Å². The van der Waals surface area contributed by atoms with Crippen molar-refractivity contribution < 1.29 is 9.21 Å². The third-order valence-electron chi connectivity index (χ3n) is 2.07. The fourth-order valence-corrected chi connectivity index (χ4v) is 1.47. The number of rotatable bonds is 2. The van der Waals surface area contributed by atoms with Gasteiger partial charge in [0.25, 0.3) is 0 Å². The summed E-state index contributed by atoms with van der Waals surface area (Å²) in [6.07, 6.45) is 0. The lowest BCUT2D eigenvalue weighted by molar-refractivity contribution is 0.0992. The molecule has 2 nitrogen and oxygen atoms in total. The summed E-state index contributed by atoms with van der Waals surface area (Å²) < 4.78 is 5.37. The fourth-order valence-electron chi connectivity index (χ4n) is 1.34. The van der Waals surface area contributed by atoms with Gasteiger partial charge >= 0.3 is 0 Å². The summed E-state index contributed by atoms with van der Waals surface area (Å²) >= 11 is 5.44. The number of furan rings is 1. The maximum atomic E-state index is 11.2. The average molecular weight is 209 g/mol. The van der Waals surface area contributed by atoms with E-state index in [1.807, 2.05) is 25.1 Å². The minimum Gasteiger partial charge on any atom is -0.453 e. The maximum absolute atomic E-state index is 11.2. The first-order valence-corrected chi connectivity index (χ1v) is 4.83. The van der Waals surface area contributed by atoms with Crippen LogP contribution in [0.15, 0.2) is 28.7 Å². The molecule has 0 aliphatic rings. The highest BCUT2D eigenvalue weighted by Crippen LogP contribution is 2.20. The van der Waals surface area contributed by atoms with E-state index in [1.54, 1.807) is 6.07 Å². The molecule has 0 saturated carbocycles. The number of carbonyl (C=O) groups excluding carboxylic acids is 1. The van der Waals surface area contributed by atoms with Crippen LogP contribution in [0.4, 0.5) is 0 Å². The summed E-state index contributed by atoms with van der Waals surface area (Å²) in [5.41, 5.74) is 1.84. The number of alkyl halides is 1. The maximum Gasteiger partial charge on any atom is 0.212 e. The summed E-state index contributed by atoms with van der Waals surface area (Å²) in [7, 11) is 0. The molecule has 0 atom stereocenters. The molecule has 0 bridgehead atoms. The van der Waals surface area contributed by atoms with Gasteiger partial charge in [-0.3, -0.25) is 4.79 Å². The van der Waals surface area contributed by atoms with Crippen LogP contribution in [-0.4, -0.2) is 11.7 Å². The molecule has 1 aromatic carbocycles. The number of hydrogen-bond donors (Lipinski definition) is 0. The van der Waals surface area contributed by atoms with Crippen LogP contribution < -0.4 is 0 Å². The zero-order valence-electron chi connectivity index (χ0n) is 7.71. The second-order valence-electron chi connectivity index (χ2n) is 3.21. The number of fused-ring (bicyclic) bond motifs is 1. The van der Waals surface area contributed by atoms with Crippen LogP contribution in [0, 0.1) is 6.92 Å². The number of Topliss-reactive ketones (excluding diaryl/α,β-unsaturated/α-hetero) is 1. The molecule has 0 unspecified atom stereocenters. The van der Waals surface area contributed by atoms with Gasteiger partial charge in [-0.1, -0.05) is 12.1 Å². The van der Waals surface area contributed by atoms with Gasteiger partial charge in [0.2, 0.25) is 5.78 Å². The Labute approximate surface area is 86.5 Å². The Morgan fingerprint density at radius 1 is 1.43 bits per heavy atom. The summed E-state index contributed by atoms with van der Waals surface area (Å²) in [4.78, 5) is 11.2. The van der Waals surface area contributed by atoms with Gasteiger partial charge in [-0.05, 0) is 24.6 Å².